The summed E-state index contributed by atoms with van der Waals surface area (Å²) < 4.78 is 0. The maximum absolute atomic E-state index is 13.6. The molecule has 9 heteroatoms. The number of carboxylic acids is 1. The summed E-state index contributed by atoms with van der Waals surface area (Å²) in [6.07, 6.45) is 5.72. The quantitative estimate of drug-likeness (QED) is 0.477. The Kier molecular flexibility index (Phi) is 10.3. The summed E-state index contributed by atoms with van der Waals surface area (Å²) in [5.41, 5.74) is 0.422. The molecular weight excluding hydrogens is 448 g/mol. The van der Waals surface area contributed by atoms with Gasteiger partial charge in [0.25, 0.3) is 0 Å². The summed E-state index contributed by atoms with van der Waals surface area (Å²) in [6, 6.07) is -2.09. The van der Waals surface area contributed by atoms with Crippen molar-refractivity contribution < 1.29 is 24.3 Å². The number of nitrogens with zero attached hydrogens (tertiary/aromatic N) is 3. The summed E-state index contributed by atoms with van der Waals surface area (Å²) in [5.74, 6) is -1.72. The highest BCUT2D eigenvalue weighted by Gasteiger charge is 2.36. The fourth-order valence-electron chi connectivity index (χ4n) is 5.11. The smallest absolute Gasteiger partial charge is 0.326 e. The standard InChI is InChI=1S/C26H44N4O5/c1-16(2)21(15-18(5)24(32)30-14-10-12-20(30)26(34)35)29(7)25(33)22(17(3)4)27-23(31)19-11-8-9-13-28(19)6/h15-17,19-22H,8-14H2,1-7H3,(H,27,31)(H,34,35)/b18-15+/t19?,20?,21-,22?/m1/s1. The fourth-order valence-corrected chi connectivity index (χ4v) is 5.11. The van der Waals surface area contributed by atoms with Gasteiger partial charge in [-0.25, -0.2) is 4.79 Å². The molecule has 9 nitrogen and oxygen atoms in total. The molecular formula is C26H44N4O5. The zero-order valence-corrected chi connectivity index (χ0v) is 22.4. The first-order valence-corrected chi connectivity index (χ1v) is 12.9. The van der Waals surface area contributed by atoms with E-state index in [1.165, 1.54) is 4.90 Å². The first kappa shape index (κ1) is 28.8. The predicted molar refractivity (Wildman–Crippen MR) is 135 cm³/mol. The second-order valence-corrected chi connectivity index (χ2v) is 10.8. The Morgan fingerprint density at radius 3 is 2.14 bits per heavy atom. The van der Waals surface area contributed by atoms with Crippen LogP contribution in [0.2, 0.25) is 0 Å². The Balaban J connectivity index is 2.19. The van der Waals surface area contributed by atoms with Gasteiger partial charge < -0.3 is 20.2 Å². The van der Waals surface area contributed by atoms with Gasteiger partial charge in [-0.05, 0) is 58.0 Å². The van der Waals surface area contributed by atoms with Crippen molar-refractivity contribution in [2.24, 2.45) is 11.8 Å². The normalized spacial score (nSPS) is 23.3. The highest BCUT2D eigenvalue weighted by molar-refractivity contribution is 5.96. The maximum Gasteiger partial charge on any atom is 0.326 e. The average molecular weight is 493 g/mol. The first-order chi connectivity index (χ1) is 16.4. The number of likely N-dealkylation sites (N-methyl/N-ethyl adjacent to an activating group) is 2. The average Bonchev–Trinajstić information content (AvgIpc) is 3.29. The van der Waals surface area contributed by atoms with E-state index < -0.39 is 18.1 Å². The van der Waals surface area contributed by atoms with Crippen LogP contribution in [-0.4, -0.2) is 94.8 Å². The van der Waals surface area contributed by atoms with Gasteiger partial charge in [-0.1, -0.05) is 40.2 Å². The van der Waals surface area contributed by atoms with Crippen LogP contribution in [0.5, 0.6) is 0 Å². The Hall–Kier alpha value is -2.42. The summed E-state index contributed by atoms with van der Waals surface area (Å²) in [5, 5.41) is 12.4. The van der Waals surface area contributed by atoms with E-state index in [1.54, 1.807) is 24.9 Å². The van der Waals surface area contributed by atoms with Crippen molar-refractivity contribution in [3.8, 4) is 0 Å². The molecule has 0 spiro atoms. The number of carbonyl (C=O) groups excluding carboxylic acids is 3. The minimum absolute atomic E-state index is 0.00791. The number of aliphatic carboxylic acids is 1. The Morgan fingerprint density at radius 1 is 0.971 bits per heavy atom. The molecule has 0 aliphatic carbocycles. The molecule has 2 saturated heterocycles. The van der Waals surface area contributed by atoms with Crippen LogP contribution < -0.4 is 5.32 Å². The molecule has 0 bridgehead atoms. The molecule has 0 radical (unpaired) electrons. The van der Waals surface area contributed by atoms with Crippen molar-refractivity contribution in [3.05, 3.63) is 11.6 Å². The van der Waals surface area contributed by atoms with Crippen molar-refractivity contribution in [2.45, 2.75) is 90.9 Å². The Morgan fingerprint density at radius 2 is 1.60 bits per heavy atom. The monoisotopic (exact) mass is 492 g/mol. The molecule has 0 saturated carbocycles. The molecule has 4 atom stereocenters. The first-order valence-electron chi connectivity index (χ1n) is 12.9. The van der Waals surface area contributed by atoms with E-state index >= 15 is 0 Å². The van der Waals surface area contributed by atoms with Crippen LogP contribution in [0.25, 0.3) is 0 Å². The molecule has 2 heterocycles. The van der Waals surface area contributed by atoms with Crippen LogP contribution in [0.3, 0.4) is 0 Å². The lowest BCUT2D eigenvalue weighted by Gasteiger charge is -2.36. The van der Waals surface area contributed by atoms with Crippen LogP contribution in [-0.2, 0) is 19.2 Å². The number of likely N-dealkylation sites (tertiary alicyclic amines) is 2. The summed E-state index contributed by atoms with van der Waals surface area (Å²) in [6.45, 7) is 10.7. The van der Waals surface area contributed by atoms with Gasteiger partial charge in [0.1, 0.15) is 12.1 Å². The Labute approximate surface area is 209 Å². The second-order valence-electron chi connectivity index (χ2n) is 10.8. The fraction of sp³-hybridized carbons (Fsp3) is 0.769. The molecule has 2 aliphatic rings. The Bertz CT molecular complexity index is 825. The molecule has 0 aromatic rings. The number of amides is 3. The van der Waals surface area contributed by atoms with E-state index in [0.717, 1.165) is 25.8 Å². The molecule has 3 amide bonds. The van der Waals surface area contributed by atoms with E-state index in [9.17, 15) is 24.3 Å². The molecule has 0 aromatic heterocycles. The van der Waals surface area contributed by atoms with Crippen LogP contribution in [0.15, 0.2) is 11.6 Å². The van der Waals surface area contributed by atoms with Crippen molar-refractivity contribution in [1.82, 2.24) is 20.0 Å². The van der Waals surface area contributed by atoms with Crippen molar-refractivity contribution in [3.63, 3.8) is 0 Å². The van der Waals surface area contributed by atoms with Gasteiger partial charge in [0.2, 0.25) is 17.7 Å². The van der Waals surface area contributed by atoms with Gasteiger partial charge in [-0.2, -0.15) is 0 Å². The van der Waals surface area contributed by atoms with Crippen molar-refractivity contribution >= 4 is 23.7 Å². The van der Waals surface area contributed by atoms with Crippen LogP contribution in [0, 0.1) is 11.8 Å². The van der Waals surface area contributed by atoms with E-state index in [2.05, 4.69) is 5.32 Å². The zero-order chi connectivity index (χ0) is 26.4. The van der Waals surface area contributed by atoms with E-state index in [0.29, 0.717) is 25.0 Å². The third-order valence-electron chi connectivity index (χ3n) is 7.34. The zero-order valence-electron chi connectivity index (χ0n) is 22.4. The molecule has 198 valence electrons. The van der Waals surface area contributed by atoms with Gasteiger partial charge in [0, 0.05) is 19.2 Å². The molecule has 35 heavy (non-hydrogen) atoms. The molecule has 2 aliphatic heterocycles. The molecule has 2 N–H and O–H groups in total. The topological polar surface area (TPSA) is 110 Å². The van der Waals surface area contributed by atoms with Crippen molar-refractivity contribution in [1.29, 1.82) is 0 Å². The number of carboxylic acid groups (broad SMARTS) is 1. The largest absolute Gasteiger partial charge is 0.480 e. The lowest BCUT2D eigenvalue weighted by molar-refractivity contribution is -0.146. The number of nitrogens with one attached hydrogen (secondary N) is 1. The van der Waals surface area contributed by atoms with Gasteiger partial charge in [0.15, 0.2) is 0 Å². The number of piperidine rings is 1. The van der Waals surface area contributed by atoms with E-state index in [-0.39, 0.29) is 41.6 Å². The number of hydrogen-bond donors (Lipinski definition) is 2. The number of rotatable bonds is 9. The summed E-state index contributed by atoms with van der Waals surface area (Å²) >= 11 is 0. The van der Waals surface area contributed by atoms with Gasteiger partial charge in [-0.15, -0.1) is 0 Å². The maximum atomic E-state index is 13.6. The highest BCUT2D eigenvalue weighted by atomic mass is 16.4. The van der Waals surface area contributed by atoms with Crippen LogP contribution >= 0.6 is 0 Å². The molecule has 0 aromatic carbocycles. The third kappa shape index (κ3) is 7.06. The van der Waals surface area contributed by atoms with Gasteiger partial charge in [-0.3, -0.25) is 19.3 Å². The molecule has 3 unspecified atom stereocenters. The summed E-state index contributed by atoms with van der Waals surface area (Å²) in [7, 11) is 3.64. The highest BCUT2D eigenvalue weighted by Crippen LogP contribution is 2.22. The van der Waals surface area contributed by atoms with Gasteiger partial charge >= 0.3 is 5.97 Å². The molecule has 2 fully saturated rings. The predicted octanol–water partition coefficient (Wildman–Crippen LogP) is 2.12. The lowest BCUT2D eigenvalue weighted by atomic mass is 9.96. The third-order valence-corrected chi connectivity index (χ3v) is 7.34. The van der Waals surface area contributed by atoms with Crippen LogP contribution in [0.4, 0.5) is 0 Å². The molecule has 2 rings (SSSR count). The van der Waals surface area contributed by atoms with Gasteiger partial charge in [0.05, 0.1) is 12.1 Å². The second kappa shape index (κ2) is 12.5. The SMILES string of the molecule is C/C(=C\[C@H](C(C)C)N(C)C(=O)C(NC(=O)C1CCCCN1C)C(C)C)C(=O)N1CCCC1C(=O)O. The van der Waals surface area contributed by atoms with Crippen molar-refractivity contribution in [2.75, 3.05) is 27.2 Å². The van der Waals surface area contributed by atoms with E-state index in [1.807, 2.05) is 39.6 Å². The van der Waals surface area contributed by atoms with Crippen LogP contribution in [0.1, 0.15) is 66.7 Å². The van der Waals surface area contributed by atoms with E-state index in [4.69, 9.17) is 0 Å². The lowest BCUT2D eigenvalue weighted by Crippen LogP contribution is -2.57. The summed E-state index contributed by atoms with van der Waals surface area (Å²) in [4.78, 5) is 56.2. The minimum atomic E-state index is -0.990. The number of hydrogen-bond acceptors (Lipinski definition) is 5. The minimum Gasteiger partial charge on any atom is -0.480 e. The number of carbonyl (C=O) groups is 4.